The number of thiophene rings is 1. The molecule has 30 heavy (non-hydrogen) atoms. The van der Waals surface area contributed by atoms with Gasteiger partial charge in [-0.2, -0.15) is 0 Å². The number of ether oxygens (including phenoxy) is 1. The number of hydrogen-bond donors (Lipinski definition) is 1. The van der Waals surface area contributed by atoms with Crippen molar-refractivity contribution in [3.05, 3.63) is 69.5 Å². The van der Waals surface area contributed by atoms with Gasteiger partial charge in [0.2, 0.25) is 5.91 Å². The van der Waals surface area contributed by atoms with Crippen molar-refractivity contribution in [2.75, 3.05) is 18.6 Å². The molecule has 1 aliphatic rings. The maximum absolute atomic E-state index is 12.8. The highest BCUT2D eigenvalue weighted by Gasteiger charge is 2.34. The van der Waals surface area contributed by atoms with E-state index >= 15 is 0 Å². The molecular formula is C22H20N4O3S. The Morgan fingerprint density at radius 3 is 2.80 bits per heavy atom. The van der Waals surface area contributed by atoms with Crippen LogP contribution >= 0.6 is 11.3 Å². The Hall–Kier alpha value is -3.39. The third-order valence-corrected chi connectivity index (χ3v) is 6.45. The summed E-state index contributed by atoms with van der Waals surface area (Å²) in [7, 11) is 1.59. The molecule has 0 bridgehead atoms. The monoisotopic (exact) mass is 420 g/mol. The molecule has 152 valence electrons. The molecule has 4 heterocycles. The molecule has 0 saturated carbocycles. The van der Waals surface area contributed by atoms with E-state index in [9.17, 15) is 9.59 Å². The number of rotatable bonds is 4. The van der Waals surface area contributed by atoms with Crippen LogP contribution in [0.15, 0.2) is 52.6 Å². The van der Waals surface area contributed by atoms with Crippen LogP contribution < -0.4 is 15.2 Å². The summed E-state index contributed by atoms with van der Waals surface area (Å²) in [5, 5.41) is 5.17. The molecule has 0 aliphatic carbocycles. The molecule has 1 amide bonds. The number of methoxy groups -OCH3 is 1. The number of nitrogens with zero attached hydrogens (tertiary/aromatic N) is 3. The van der Waals surface area contributed by atoms with Crippen LogP contribution in [0.2, 0.25) is 0 Å². The highest BCUT2D eigenvalue weighted by molar-refractivity contribution is 7.13. The standard InChI is InChI=1S/C22H20N4O3S/c1-13-21(18-8-5-9-30-18)24-26-20(28)11-15(23-22(13)26)14-10-19(27)25(12-14)16-6-3-4-7-17(16)29-2/h3-9,11,14,24H,10,12H2,1-2H3/t14-/m0/s1. The summed E-state index contributed by atoms with van der Waals surface area (Å²) >= 11 is 1.60. The molecule has 8 heteroatoms. The number of aryl methyl sites for hydroxylation is 1. The zero-order chi connectivity index (χ0) is 20.8. The van der Waals surface area contributed by atoms with E-state index in [1.54, 1.807) is 23.3 Å². The average Bonchev–Trinajstić information content (AvgIpc) is 3.48. The number of amides is 1. The van der Waals surface area contributed by atoms with Gasteiger partial charge in [-0.05, 0) is 30.5 Å². The Morgan fingerprint density at radius 2 is 2.03 bits per heavy atom. The van der Waals surface area contributed by atoms with Gasteiger partial charge in [0, 0.05) is 30.5 Å². The first-order valence-electron chi connectivity index (χ1n) is 9.66. The van der Waals surface area contributed by atoms with E-state index in [0.29, 0.717) is 30.1 Å². The van der Waals surface area contributed by atoms with Gasteiger partial charge in [0.15, 0.2) is 5.65 Å². The van der Waals surface area contributed by atoms with Gasteiger partial charge in [0.05, 0.1) is 29.1 Å². The number of nitrogens with one attached hydrogen (secondary N) is 1. The number of para-hydroxylation sites is 2. The summed E-state index contributed by atoms with van der Waals surface area (Å²) in [6, 6.07) is 13.0. The van der Waals surface area contributed by atoms with Crippen molar-refractivity contribution in [2.24, 2.45) is 0 Å². The zero-order valence-electron chi connectivity index (χ0n) is 16.6. The summed E-state index contributed by atoms with van der Waals surface area (Å²) in [4.78, 5) is 33.1. The summed E-state index contributed by atoms with van der Waals surface area (Å²) in [5.74, 6) is 0.494. The van der Waals surface area contributed by atoms with Gasteiger partial charge in [-0.25, -0.2) is 9.50 Å². The third-order valence-electron chi connectivity index (χ3n) is 5.56. The quantitative estimate of drug-likeness (QED) is 0.547. The Labute approximate surface area is 176 Å². The van der Waals surface area contributed by atoms with Crippen molar-refractivity contribution in [1.29, 1.82) is 0 Å². The zero-order valence-corrected chi connectivity index (χ0v) is 17.4. The highest BCUT2D eigenvalue weighted by Crippen LogP contribution is 2.36. The summed E-state index contributed by atoms with van der Waals surface area (Å²) in [5.41, 5.74) is 3.62. The number of carbonyl (C=O) groups excluding carboxylic acids is 1. The van der Waals surface area contributed by atoms with Gasteiger partial charge < -0.3 is 9.64 Å². The van der Waals surface area contributed by atoms with Crippen LogP contribution in [0.1, 0.15) is 23.6 Å². The van der Waals surface area contributed by atoms with E-state index in [0.717, 1.165) is 21.8 Å². The third kappa shape index (κ3) is 2.91. The van der Waals surface area contributed by atoms with Crippen LogP contribution in [0.25, 0.3) is 16.2 Å². The molecule has 1 N–H and O–H groups in total. The number of anilines is 1. The minimum atomic E-state index is -0.177. The molecule has 1 fully saturated rings. The maximum Gasteiger partial charge on any atom is 0.272 e. The number of aromatic nitrogens is 3. The minimum Gasteiger partial charge on any atom is -0.495 e. The van der Waals surface area contributed by atoms with Crippen molar-refractivity contribution in [3.8, 4) is 16.3 Å². The lowest BCUT2D eigenvalue weighted by molar-refractivity contribution is -0.117. The highest BCUT2D eigenvalue weighted by atomic mass is 32.1. The SMILES string of the molecule is COc1ccccc1N1C[C@@H](c2cc(=O)n3[nH]c(-c4cccs4)c(C)c3n2)CC1=O. The lowest BCUT2D eigenvalue weighted by Crippen LogP contribution is -2.25. The van der Waals surface area contributed by atoms with Gasteiger partial charge >= 0.3 is 0 Å². The molecule has 4 aromatic rings. The summed E-state index contributed by atoms with van der Waals surface area (Å²) in [6.45, 7) is 2.42. The number of hydrogen-bond acceptors (Lipinski definition) is 5. The summed E-state index contributed by atoms with van der Waals surface area (Å²) in [6.07, 6.45) is 0.307. The van der Waals surface area contributed by atoms with Crippen LogP contribution in [0.5, 0.6) is 5.75 Å². The smallest absolute Gasteiger partial charge is 0.272 e. The lowest BCUT2D eigenvalue weighted by Gasteiger charge is -2.19. The molecule has 1 aromatic carbocycles. The van der Waals surface area contributed by atoms with E-state index in [1.165, 1.54) is 10.6 Å². The molecule has 0 spiro atoms. The number of carbonyl (C=O) groups is 1. The molecule has 1 aliphatic heterocycles. The Balaban J connectivity index is 1.53. The van der Waals surface area contributed by atoms with Crippen LogP contribution in [0, 0.1) is 6.92 Å². The molecular weight excluding hydrogens is 400 g/mol. The van der Waals surface area contributed by atoms with Gasteiger partial charge in [0.1, 0.15) is 5.75 Å². The van der Waals surface area contributed by atoms with Crippen LogP contribution in [-0.4, -0.2) is 34.2 Å². The number of fused-ring (bicyclic) bond motifs is 1. The number of aromatic amines is 1. The Kier molecular flexibility index (Phi) is 4.43. The molecule has 0 unspecified atom stereocenters. The Bertz CT molecular complexity index is 1310. The fourth-order valence-corrected chi connectivity index (χ4v) is 4.81. The van der Waals surface area contributed by atoms with E-state index in [-0.39, 0.29) is 17.4 Å². The lowest BCUT2D eigenvalue weighted by atomic mass is 10.0. The first-order chi connectivity index (χ1) is 14.6. The number of benzene rings is 1. The topological polar surface area (TPSA) is 79.7 Å². The first kappa shape index (κ1) is 18.6. The van der Waals surface area contributed by atoms with Gasteiger partial charge in [-0.3, -0.25) is 14.7 Å². The normalized spacial score (nSPS) is 16.5. The largest absolute Gasteiger partial charge is 0.495 e. The van der Waals surface area contributed by atoms with Gasteiger partial charge in [-0.1, -0.05) is 18.2 Å². The van der Waals surface area contributed by atoms with Crippen molar-refractivity contribution in [2.45, 2.75) is 19.3 Å². The van der Waals surface area contributed by atoms with E-state index in [1.807, 2.05) is 48.7 Å². The first-order valence-corrected chi connectivity index (χ1v) is 10.5. The van der Waals surface area contributed by atoms with Crippen molar-refractivity contribution >= 4 is 28.6 Å². The van der Waals surface area contributed by atoms with Crippen molar-refractivity contribution in [3.63, 3.8) is 0 Å². The molecule has 3 aromatic heterocycles. The second-order valence-electron chi connectivity index (χ2n) is 7.34. The van der Waals surface area contributed by atoms with Crippen LogP contribution in [0.4, 0.5) is 5.69 Å². The molecule has 1 saturated heterocycles. The molecule has 0 radical (unpaired) electrons. The van der Waals surface area contributed by atoms with Gasteiger partial charge in [0.25, 0.3) is 5.56 Å². The second-order valence-corrected chi connectivity index (χ2v) is 8.29. The van der Waals surface area contributed by atoms with E-state index in [4.69, 9.17) is 9.72 Å². The average molecular weight is 420 g/mol. The number of H-pyrrole nitrogens is 1. The van der Waals surface area contributed by atoms with Gasteiger partial charge in [-0.15, -0.1) is 11.3 Å². The molecule has 5 rings (SSSR count). The predicted octanol–water partition coefficient (Wildman–Crippen LogP) is 3.59. The minimum absolute atomic E-state index is 0.00318. The van der Waals surface area contributed by atoms with Crippen molar-refractivity contribution in [1.82, 2.24) is 14.6 Å². The second kappa shape index (κ2) is 7.14. The van der Waals surface area contributed by atoms with E-state index < -0.39 is 0 Å². The van der Waals surface area contributed by atoms with Crippen LogP contribution in [-0.2, 0) is 4.79 Å². The summed E-state index contributed by atoms with van der Waals surface area (Å²) < 4.78 is 6.89. The Morgan fingerprint density at radius 1 is 1.20 bits per heavy atom. The van der Waals surface area contributed by atoms with Crippen molar-refractivity contribution < 1.29 is 9.53 Å². The predicted molar refractivity (Wildman–Crippen MR) is 117 cm³/mol. The fourth-order valence-electron chi connectivity index (χ4n) is 4.03. The molecule has 7 nitrogen and oxygen atoms in total. The fraction of sp³-hybridized carbons (Fsp3) is 0.227. The molecule has 1 atom stereocenters. The van der Waals surface area contributed by atoms with E-state index in [2.05, 4.69) is 5.10 Å². The maximum atomic E-state index is 12.8. The van der Waals surface area contributed by atoms with Crippen LogP contribution in [0.3, 0.4) is 0 Å².